The summed E-state index contributed by atoms with van der Waals surface area (Å²) in [5.74, 6) is -0.454. The van der Waals surface area contributed by atoms with E-state index in [1.54, 1.807) is 12.1 Å². The Bertz CT molecular complexity index is 773. The van der Waals surface area contributed by atoms with Crippen LogP contribution in [0.15, 0.2) is 41.3 Å². The van der Waals surface area contributed by atoms with Gasteiger partial charge in [-0.3, -0.25) is 4.72 Å². The Labute approximate surface area is 123 Å². The molecule has 0 saturated heterocycles. The van der Waals surface area contributed by atoms with Crippen molar-refractivity contribution in [2.75, 3.05) is 4.72 Å². The summed E-state index contributed by atoms with van der Waals surface area (Å²) in [5.41, 5.74) is 8.11. The molecule has 2 rings (SSSR count). The normalized spacial score (nSPS) is 11.4. The third-order valence-electron chi connectivity index (χ3n) is 3.32. The molecule has 0 bridgehead atoms. The van der Waals surface area contributed by atoms with Crippen LogP contribution >= 0.6 is 0 Å². The fraction of sp³-hybridized carbons (Fsp3) is 0.200. The second-order valence-electron chi connectivity index (χ2n) is 4.86. The summed E-state index contributed by atoms with van der Waals surface area (Å²) < 4.78 is 40.4. The van der Waals surface area contributed by atoms with Crippen LogP contribution in [-0.4, -0.2) is 8.42 Å². The zero-order valence-electron chi connectivity index (χ0n) is 11.9. The first-order chi connectivity index (χ1) is 9.83. The number of aryl methyl sites for hydroxylation is 2. The molecule has 0 saturated carbocycles. The van der Waals surface area contributed by atoms with E-state index in [9.17, 15) is 12.8 Å². The summed E-state index contributed by atoms with van der Waals surface area (Å²) in [4.78, 5) is 0.165. The predicted molar refractivity (Wildman–Crippen MR) is 81.0 cm³/mol. The molecular formula is C15H17FN2O2S. The molecule has 21 heavy (non-hydrogen) atoms. The molecule has 0 unspecified atom stereocenters. The van der Waals surface area contributed by atoms with Crippen molar-refractivity contribution < 1.29 is 12.8 Å². The lowest BCUT2D eigenvalue weighted by atomic mass is 10.1. The first-order valence-electron chi connectivity index (χ1n) is 6.42. The summed E-state index contributed by atoms with van der Waals surface area (Å²) in [6.45, 7) is 3.80. The van der Waals surface area contributed by atoms with E-state index in [0.29, 0.717) is 5.56 Å². The molecular weight excluding hydrogens is 291 g/mol. The summed E-state index contributed by atoms with van der Waals surface area (Å²) >= 11 is 0. The van der Waals surface area contributed by atoms with Crippen molar-refractivity contribution in [3.8, 4) is 0 Å². The molecule has 0 aliphatic carbocycles. The highest BCUT2D eigenvalue weighted by atomic mass is 32.2. The number of anilines is 1. The first-order valence-corrected chi connectivity index (χ1v) is 7.90. The first kappa shape index (κ1) is 15.5. The summed E-state index contributed by atoms with van der Waals surface area (Å²) in [5, 5.41) is 0. The number of halogens is 1. The van der Waals surface area contributed by atoms with Crippen LogP contribution in [0.25, 0.3) is 0 Å². The van der Waals surface area contributed by atoms with Crippen LogP contribution in [0.4, 0.5) is 10.1 Å². The van der Waals surface area contributed by atoms with Gasteiger partial charge in [0.2, 0.25) is 0 Å². The second-order valence-corrected chi connectivity index (χ2v) is 6.54. The lowest BCUT2D eigenvalue weighted by molar-refractivity contribution is 0.600. The van der Waals surface area contributed by atoms with Crippen LogP contribution in [0, 0.1) is 19.7 Å². The van der Waals surface area contributed by atoms with Crippen LogP contribution in [0.5, 0.6) is 0 Å². The van der Waals surface area contributed by atoms with Crippen molar-refractivity contribution in [2.24, 2.45) is 5.73 Å². The van der Waals surface area contributed by atoms with Crippen molar-refractivity contribution in [1.29, 1.82) is 0 Å². The number of benzene rings is 2. The SMILES string of the molecule is Cc1ccc(S(=O)(=O)Nc2ccc(F)cc2CN)cc1C. The lowest BCUT2D eigenvalue weighted by Gasteiger charge is -2.12. The number of nitrogens with one attached hydrogen (secondary N) is 1. The number of hydrogen-bond donors (Lipinski definition) is 2. The van der Waals surface area contributed by atoms with Crippen molar-refractivity contribution in [2.45, 2.75) is 25.3 Å². The molecule has 3 N–H and O–H groups in total. The zero-order valence-corrected chi connectivity index (χ0v) is 12.7. The summed E-state index contributed by atoms with van der Waals surface area (Å²) in [7, 11) is -3.73. The van der Waals surface area contributed by atoms with Gasteiger partial charge in [-0.15, -0.1) is 0 Å². The van der Waals surface area contributed by atoms with E-state index in [-0.39, 0.29) is 17.1 Å². The van der Waals surface area contributed by atoms with Crippen molar-refractivity contribution in [1.82, 2.24) is 0 Å². The molecule has 0 spiro atoms. The van der Waals surface area contributed by atoms with E-state index in [2.05, 4.69) is 4.72 Å². The standard InChI is InChI=1S/C15H17FN2O2S/c1-10-3-5-14(7-11(10)2)21(19,20)18-15-6-4-13(16)8-12(15)9-17/h3-8,18H,9,17H2,1-2H3. The van der Waals surface area contributed by atoms with Crippen LogP contribution in [0.1, 0.15) is 16.7 Å². The van der Waals surface area contributed by atoms with Crippen LogP contribution in [-0.2, 0) is 16.6 Å². The van der Waals surface area contributed by atoms with E-state index < -0.39 is 15.8 Å². The Morgan fingerprint density at radius 3 is 2.43 bits per heavy atom. The molecule has 4 nitrogen and oxygen atoms in total. The number of nitrogens with two attached hydrogens (primary N) is 1. The average molecular weight is 308 g/mol. The van der Waals surface area contributed by atoms with Gasteiger partial charge in [-0.1, -0.05) is 6.07 Å². The van der Waals surface area contributed by atoms with Crippen molar-refractivity contribution in [3.05, 3.63) is 58.9 Å². The fourth-order valence-electron chi connectivity index (χ4n) is 1.92. The minimum Gasteiger partial charge on any atom is -0.326 e. The van der Waals surface area contributed by atoms with Crippen LogP contribution in [0.3, 0.4) is 0 Å². The highest BCUT2D eigenvalue weighted by Gasteiger charge is 2.16. The van der Waals surface area contributed by atoms with E-state index in [1.165, 1.54) is 24.3 Å². The van der Waals surface area contributed by atoms with E-state index in [0.717, 1.165) is 11.1 Å². The van der Waals surface area contributed by atoms with E-state index >= 15 is 0 Å². The van der Waals surface area contributed by atoms with E-state index in [1.807, 2.05) is 13.8 Å². The Balaban J connectivity index is 2.39. The smallest absolute Gasteiger partial charge is 0.261 e. The molecule has 0 heterocycles. The lowest BCUT2D eigenvalue weighted by Crippen LogP contribution is -2.15. The molecule has 6 heteroatoms. The van der Waals surface area contributed by atoms with Gasteiger partial charge in [-0.2, -0.15) is 0 Å². The molecule has 0 amide bonds. The molecule has 2 aromatic rings. The van der Waals surface area contributed by atoms with Gasteiger partial charge in [0.15, 0.2) is 0 Å². The number of sulfonamides is 1. The summed E-state index contributed by atoms with van der Waals surface area (Å²) in [6.07, 6.45) is 0. The van der Waals surface area contributed by atoms with Gasteiger partial charge in [0.25, 0.3) is 10.0 Å². The Kier molecular flexibility index (Phi) is 4.29. The molecule has 112 valence electrons. The topological polar surface area (TPSA) is 72.2 Å². The third-order valence-corrected chi connectivity index (χ3v) is 4.68. The largest absolute Gasteiger partial charge is 0.326 e. The maximum Gasteiger partial charge on any atom is 0.261 e. The maximum atomic E-state index is 13.2. The molecule has 0 fully saturated rings. The average Bonchev–Trinajstić information content (AvgIpc) is 2.43. The second kappa shape index (κ2) is 5.83. The van der Waals surface area contributed by atoms with Gasteiger partial charge in [0, 0.05) is 6.54 Å². The molecule has 0 aliphatic heterocycles. The summed E-state index contributed by atoms with van der Waals surface area (Å²) in [6, 6.07) is 8.67. The minimum atomic E-state index is -3.73. The number of rotatable bonds is 4. The highest BCUT2D eigenvalue weighted by Crippen LogP contribution is 2.22. The zero-order chi connectivity index (χ0) is 15.6. The van der Waals surface area contributed by atoms with Crippen LogP contribution < -0.4 is 10.5 Å². The Hall–Kier alpha value is -1.92. The van der Waals surface area contributed by atoms with Gasteiger partial charge in [-0.25, -0.2) is 12.8 Å². The molecule has 0 atom stereocenters. The molecule has 0 aliphatic rings. The third kappa shape index (κ3) is 3.40. The van der Waals surface area contributed by atoms with E-state index in [4.69, 9.17) is 5.73 Å². The van der Waals surface area contributed by atoms with Gasteiger partial charge in [0.05, 0.1) is 10.6 Å². The molecule has 0 aromatic heterocycles. The van der Waals surface area contributed by atoms with Gasteiger partial charge in [0.1, 0.15) is 5.82 Å². The fourth-order valence-corrected chi connectivity index (χ4v) is 3.10. The van der Waals surface area contributed by atoms with Gasteiger partial charge >= 0.3 is 0 Å². The Morgan fingerprint density at radius 2 is 1.81 bits per heavy atom. The predicted octanol–water partition coefficient (Wildman–Crippen LogP) is 2.70. The van der Waals surface area contributed by atoms with Crippen molar-refractivity contribution in [3.63, 3.8) is 0 Å². The van der Waals surface area contributed by atoms with Crippen molar-refractivity contribution >= 4 is 15.7 Å². The Morgan fingerprint density at radius 1 is 1.10 bits per heavy atom. The number of hydrogen-bond acceptors (Lipinski definition) is 3. The maximum absolute atomic E-state index is 13.2. The highest BCUT2D eigenvalue weighted by molar-refractivity contribution is 7.92. The van der Waals surface area contributed by atoms with Crippen LogP contribution in [0.2, 0.25) is 0 Å². The quantitative estimate of drug-likeness (QED) is 0.912. The van der Waals surface area contributed by atoms with Gasteiger partial charge in [-0.05, 0) is 60.9 Å². The minimum absolute atomic E-state index is 0.0442. The van der Waals surface area contributed by atoms with Gasteiger partial charge < -0.3 is 5.73 Å². The molecule has 2 aromatic carbocycles. The monoisotopic (exact) mass is 308 g/mol. The molecule has 0 radical (unpaired) electrons.